The van der Waals surface area contributed by atoms with Gasteiger partial charge in [-0.2, -0.15) is 0 Å². The van der Waals surface area contributed by atoms with Crippen LogP contribution in [0, 0.1) is 0 Å². The van der Waals surface area contributed by atoms with Gasteiger partial charge in [-0.05, 0) is 28.8 Å². The van der Waals surface area contributed by atoms with Crippen molar-refractivity contribution >= 4 is 10.0 Å². The Hall–Kier alpha value is -1.69. The molecule has 0 fully saturated rings. The third-order valence-corrected chi connectivity index (χ3v) is 3.60. The normalized spacial score (nSPS) is 11.4. The van der Waals surface area contributed by atoms with E-state index in [1.54, 1.807) is 12.1 Å². The van der Waals surface area contributed by atoms with Crippen molar-refractivity contribution in [3.63, 3.8) is 0 Å². The lowest BCUT2D eigenvalue weighted by Gasteiger charge is -2.05. The molecule has 0 atom stereocenters. The van der Waals surface area contributed by atoms with Crippen LogP contribution >= 0.6 is 0 Å². The minimum atomic E-state index is -3.67. The lowest BCUT2D eigenvalue weighted by atomic mass is 10.0. The number of hydrogen-bond acceptors (Lipinski definition) is 3. The molecule has 0 aromatic heterocycles. The summed E-state index contributed by atoms with van der Waals surface area (Å²) in [6, 6.07) is 14.2. The maximum Gasteiger partial charge on any atom is 0.238 e. The number of primary sulfonamides is 1. The molecule has 0 spiro atoms. The summed E-state index contributed by atoms with van der Waals surface area (Å²) >= 11 is 0. The van der Waals surface area contributed by atoms with Gasteiger partial charge in [0.05, 0.1) is 4.90 Å². The summed E-state index contributed by atoms with van der Waals surface area (Å²) in [5.74, 6) is 0. The molecule has 0 aliphatic heterocycles. The first-order valence-corrected chi connectivity index (χ1v) is 6.97. The number of rotatable bonds is 3. The fourth-order valence-corrected chi connectivity index (χ4v) is 2.25. The Morgan fingerprint density at radius 1 is 0.944 bits per heavy atom. The van der Waals surface area contributed by atoms with E-state index in [4.69, 9.17) is 10.9 Å². The van der Waals surface area contributed by atoms with Gasteiger partial charge >= 0.3 is 0 Å². The van der Waals surface area contributed by atoms with Crippen molar-refractivity contribution < 1.29 is 8.42 Å². The average Bonchev–Trinajstić information content (AvgIpc) is 2.38. The van der Waals surface area contributed by atoms with Crippen molar-refractivity contribution in [1.82, 2.24) is 0 Å². The quantitative estimate of drug-likeness (QED) is 0.878. The maximum absolute atomic E-state index is 11.3. The number of benzene rings is 2. The van der Waals surface area contributed by atoms with E-state index in [1.807, 2.05) is 30.3 Å². The van der Waals surface area contributed by atoms with E-state index in [1.165, 1.54) is 6.07 Å². The second kappa shape index (κ2) is 4.89. The van der Waals surface area contributed by atoms with Gasteiger partial charge in [0.15, 0.2) is 0 Å². The summed E-state index contributed by atoms with van der Waals surface area (Å²) in [6.07, 6.45) is 0. The molecule has 94 valence electrons. The molecule has 0 aliphatic carbocycles. The number of nitrogens with two attached hydrogens (primary N) is 2. The zero-order valence-electron chi connectivity index (χ0n) is 9.71. The Balaban J connectivity index is 2.44. The molecule has 2 rings (SSSR count). The van der Waals surface area contributed by atoms with Crippen LogP contribution in [0.1, 0.15) is 5.56 Å². The zero-order chi connectivity index (χ0) is 13.2. The van der Waals surface area contributed by atoms with E-state index < -0.39 is 10.0 Å². The fraction of sp³-hybridized carbons (Fsp3) is 0.0769. The number of hydrogen-bond donors (Lipinski definition) is 2. The van der Waals surface area contributed by atoms with E-state index in [2.05, 4.69) is 0 Å². The molecule has 0 saturated carbocycles. The summed E-state index contributed by atoms with van der Waals surface area (Å²) in [4.78, 5) is 0.114. The predicted molar refractivity (Wildman–Crippen MR) is 71.1 cm³/mol. The van der Waals surface area contributed by atoms with Crippen LogP contribution in [0.5, 0.6) is 0 Å². The lowest BCUT2D eigenvalue weighted by molar-refractivity contribution is 0.598. The van der Waals surface area contributed by atoms with Gasteiger partial charge in [0.2, 0.25) is 10.0 Å². The molecule has 0 unspecified atom stereocenters. The van der Waals surface area contributed by atoms with Gasteiger partial charge in [-0.1, -0.05) is 36.4 Å². The minimum Gasteiger partial charge on any atom is -0.326 e. The van der Waals surface area contributed by atoms with Crippen LogP contribution in [0.25, 0.3) is 11.1 Å². The molecular formula is C13H14N2O2S. The number of sulfonamides is 1. The highest BCUT2D eigenvalue weighted by molar-refractivity contribution is 7.89. The monoisotopic (exact) mass is 262 g/mol. The SMILES string of the molecule is NCc1ccc(-c2cccc(S(N)(=O)=O)c2)cc1. The first-order chi connectivity index (χ1) is 8.50. The second-order valence-corrected chi connectivity index (χ2v) is 5.54. The third-order valence-electron chi connectivity index (χ3n) is 2.69. The molecule has 4 nitrogen and oxygen atoms in total. The highest BCUT2D eigenvalue weighted by Crippen LogP contribution is 2.22. The van der Waals surface area contributed by atoms with Crippen molar-refractivity contribution in [3.05, 3.63) is 54.1 Å². The highest BCUT2D eigenvalue weighted by Gasteiger charge is 2.08. The van der Waals surface area contributed by atoms with E-state index in [0.29, 0.717) is 6.54 Å². The van der Waals surface area contributed by atoms with E-state index >= 15 is 0 Å². The summed E-state index contributed by atoms with van der Waals surface area (Å²) < 4.78 is 22.6. The van der Waals surface area contributed by atoms with Crippen LogP contribution in [0.15, 0.2) is 53.4 Å². The van der Waals surface area contributed by atoms with E-state index in [0.717, 1.165) is 16.7 Å². The van der Waals surface area contributed by atoms with E-state index in [9.17, 15) is 8.42 Å². The molecule has 0 radical (unpaired) electrons. The molecule has 5 heteroatoms. The standard InChI is InChI=1S/C13H14N2O2S/c14-9-10-4-6-11(7-5-10)12-2-1-3-13(8-12)18(15,16)17/h1-8H,9,14H2,(H2,15,16,17). The van der Waals surface area contributed by atoms with Gasteiger partial charge in [0.25, 0.3) is 0 Å². The van der Waals surface area contributed by atoms with E-state index in [-0.39, 0.29) is 4.90 Å². The Bertz CT molecular complexity index is 649. The summed E-state index contributed by atoms with van der Waals surface area (Å²) in [7, 11) is -3.67. The van der Waals surface area contributed by atoms with Crippen molar-refractivity contribution in [2.75, 3.05) is 0 Å². The average molecular weight is 262 g/mol. The van der Waals surface area contributed by atoms with Gasteiger partial charge in [-0.3, -0.25) is 0 Å². The molecular weight excluding hydrogens is 248 g/mol. The second-order valence-electron chi connectivity index (χ2n) is 3.97. The lowest BCUT2D eigenvalue weighted by Crippen LogP contribution is -2.11. The maximum atomic E-state index is 11.3. The van der Waals surface area contributed by atoms with Gasteiger partial charge in [-0.25, -0.2) is 13.6 Å². The van der Waals surface area contributed by atoms with Crippen LogP contribution in [0.4, 0.5) is 0 Å². The first-order valence-electron chi connectivity index (χ1n) is 5.43. The topological polar surface area (TPSA) is 86.2 Å². The Morgan fingerprint density at radius 3 is 2.17 bits per heavy atom. The summed E-state index contributed by atoms with van der Waals surface area (Å²) in [5.41, 5.74) is 8.29. The Morgan fingerprint density at radius 2 is 1.61 bits per heavy atom. The van der Waals surface area contributed by atoms with Crippen molar-refractivity contribution in [1.29, 1.82) is 0 Å². The van der Waals surface area contributed by atoms with Crippen molar-refractivity contribution in [2.45, 2.75) is 11.4 Å². The van der Waals surface area contributed by atoms with Gasteiger partial charge in [0.1, 0.15) is 0 Å². The zero-order valence-corrected chi connectivity index (χ0v) is 10.5. The largest absolute Gasteiger partial charge is 0.326 e. The van der Waals surface area contributed by atoms with Crippen LogP contribution in [0.2, 0.25) is 0 Å². The first kappa shape index (κ1) is 12.8. The molecule has 2 aromatic carbocycles. The highest BCUT2D eigenvalue weighted by atomic mass is 32.2. The minimum absolute atomic E-state index is 0.114. The van der Waals surface area contributed by atoms with Crippen LogP contribution < -0.4 is 10.9 Å². The molecule has 0 saturated heterocycles. The van der Waals surface area contributed by atoms with Crippen LogP contribution in [-0.2, 0) is 16.6 Å². The van der Waals surface area contributed by atoms with Crippen LogP contribution in [0.3, 0.4) is 0 Å². The molecule has 4 N–H and O–H groups in total. The van der Waals surface area contributed by atoms with Crippen molar-refractivity contribution in [2.24, 2.45) is 10.9 Å². The van der Waals surface area contributed by atoms with Gasteiger partial charge in [-0.15, -0.1) is 0 Å². The molecule has 0 amide bonds. The van der Waals surface area contributed by atoms with Crippen molar-refractivity contribution in [3.8, 4) is 11.1 Å². The molecule has 0 heterocycles. The predicted octanol–water partition coefficient (Wildman–Crippen LogP) is 1.46. The molecule has 2 aromatic rings. The molecule has 0 bridgehead atoms. The van der Waals surface area contributed by atoms with Crippen LogP contribution in [-0.4, -0.2) is 8.42 Å². The Kier molecular flexibility index (Phi) is 3.47. The fourth-order valence-electron chi connectivity index (χ4n) is 1.69. The summed E-state index contributed by atoms with van der Waals surface area (Å²) in [6.45, 7) is 0.484. The smallest absolute Gasteiger partial charge is 0.238 e. The summed E-state index contributed by atoms with van der Waals surface area (Å²) in [5, 5.41) is 5.11. The van der Waals surface area contributed by atoms with Gasteiger partial charge < -0.3 is 5.73 Å². The molecule has 0 aliphatic rings. The molecule has 18 heavy (non-hydrogen) atoms. The van der Waals surface area contributed by atoms with Gasteiger partial charge in [0, 0.05) is 6.54 Å². The Labute approximate surface area is 106 Å². The third kappa shape index (κ3) is 2.76.